The molecule has 1 heterocycles. The van der Waals surface area contributed by atoms with Crippen LogP contribution in [0.15, 0.2) is 28.7 Å². The molecule has 130 valence electrons. The van der Waals surface area contributed by atoms with Gasteiger partial charge in [-0.2, -0.15) is 0 Å². The topological polar surface area (TPSA) is 50.4 Å². The zero-order chi connectivity index (χ0) is 17.9. The second kappa shape index (κ2) is 7.53. The van der Waals surface area contributed by atoms with E-state index < -0.39 is 17.5 Å². The Labute approximate surface area is 153 Å². The molecule has 0 spiro atoms. The van der Waals surface area contributed by atoms with Crippen LogP contribution in [-0.4, -0.2) is 11.7 Å². The molecule has 0 radical (unpaired) electrons. The summed E-state index contributed by atoms with van der Waals surface area (Å²) in [5.41, 5.74) is 0.156. The van der Waals surface area contributed by atoms with Crippen molar-refractivity contribution < 1.29 is 13.9 Å². The molecule has 0 atom stereocenters. The van der Waals surface area contributed by atoms with E-state index in [2.05, 4.69) is 32.6 Å². The number of amides is 1. The second-order valence-electron chi connectivity index (χ2n) is 6.29. The summed E-state index contributed by atoms with van der Waals surface area (Å²) in [6.45, 7) is 7.92. The Morgan fingerprint density at radius 3 is 2.62 bits per heavy atom. The number of rotatable bonds is 4. The van der Waals surface area contributed by atoms with E-state index in [4.69, 9.17) is 4.74 Å². The van der Waals surface area contributed by atoms with Crippen molar-refractivity contribution >= 4 is 44.7 Å². The van der Waals surface area contributed by atoms with Gasteiger partial charge in [0, 0.05) is 26.5 Å². The summed E-state index contributed by atoms with van der Waals surface area (Å²) in [4.78, 5) is 14.2. The van der Waals surface area contributed by atoms with Crippen molar-refractivity contribution in [2.45, 2.75) is 39.8 Å². The largest absolute Gasteiger partial charge is 0.444 e. The smallest absolute Gasteiger partial charge is 0.412 e. The van der Waals surface area contributed by atoms with E-state index in [0.717, 1.165) is 9.35 Å². The quantitative estimate of drug-likeness (QED) is 0.652. The molecule has 0 aliphatic rings. The molecule has 2 N–H and O–H groups in total. The van der Waals surface area contributed by atoms with Gasteiger partial charge in [-0.15, -0.1) is 11.3 Å². The van der Waals surface area contributed by atoms with Gasteiger partial charge in [0.25, 0.3) is 0 Å². The molecule has 7 heteroatoms. The zero-order valence-electron chi connectivity index (χ0n) is 14.0. The molecule has 0 fully saturated rings. The Balaban J connectivity index is 2.03. The van der Waals surface area contributed by atoms with Gasteiger partial charge in [-0.25, -0.2) is 9.18 Å². The highest BCUT2D eigenvalue weighted by atomic mass is 79.9. The van der Waals surface area contributed by atoms with Crippen LogP contribution in [0.2, 0.25) is 0 Å². The molecular weight excluding hydrogens is 395 g/mol. The van der Waals surface area contributed by atoms with Crippen LogP contribution in [-0.2, 0) is 11.3 Å². The first-order chi connectivity index (χ1) is 11.1. The standard InChI is InChI=1S/C17H20BrFN2O2S/c1-10-13(18)8-12(24-10)9-20-11-5-6-14(19)15(7-11)21-16(22)23-17(2,3)4/h5-8,20H,9H2,1-4H3,(H,21,22). The summed E-state index contributed by atoms with van der Waals surface area (Å²) in [6, 6.07) is 6.54. The van der Waals surface area contributed by atoms with Crippen LogP contribution in [0.4, 0.5) is 20.6 Å². The molecule has 0 unspecified atom stereocenters. The molecule has 2 aromatic rings. The average molecular weight is 415 g/mol. The molecule has 24 heavy (non-hydrogen) atoms. The number of anilines is 2. The van der Waals surface area contributed by atoms with Crippen LogP contribution >= 0.6 is 27.3 Å². The van der Waals surface area contributed by atoms with Gasteiger partial charge in [0.2, 0.25) is 0 Å². The van der Waals surface area contributed by atoms with Gasteiger partial charge in [0.05, 0.1) is 5.69 Å². The van der Waals surface area contributed by atoms with Crippen LogP contribution in [0.3, 0.4) is 0 Å². The number of benzene rings is 1. The monoisotopic (exact) mass is 414 g/mol. The minimum atomic E-state index is -0.684. The molecule has 4 nitrogen and oxygen atoms in total. The number of aryl methyl sites for hydroxylation is 1. The fraction of sp³-hybridized carbons (Fsp3) is 0.353. The third-order valence-corrected chi connectivity index (χ3v) is 5.11. The lowest BCUT2D eigenvalue weighted by Crippen LogP contribution is -2.27. The number of halogens is 2. The van der Waals surface area contributed by atoms with E-state index in [1.54, 1.807) is 44.2 Å². The lowest BCUT2D eigenvalue weighted by atomic mass is 10.2. The molecule has 0 saturated carbocycles. The van der Waals surface area contributed by atoms with Crippen molar-refractivity contribution in [3.05, 3.63) is 44.3 Å². The number of hydrogen-bond acceptors (Lipinski definition) is 4. The Morgan fingerprint density at radius 1 is 1.33 bits per heavy atom. The van der Waals surface area contributed by atoms with E-state index in [1.807, 2.05) is 6.92 Å². The lowest BCUT2D eigenvalue weighted by Gasteiger charge is -2.20. The highest BCUT2D eigenvalue weighted by molar-refractivity contribution is 9.10. The summed E-state index contributed by atoms with van der Waals surface area (Å²) < 4.78 is 20.1. The van der Waals surface area contributed by atoms with Crippen LogP contribution in [0.1, 0.15) is 30.5 Å². The number of carbonyl (C=O) groups excluding carboxylic acids is 1. The third kappa shape index (κ3) is 5.49. The second-order valence-corrected chi connectivity index (χ2v) is 8.49. The summed E-state index contributed by atoms with van der Waals surface area (Å²) in [5.74, 6) is -0.513. The van der Waals surface area contributed by atoms with E-state index in [9.17, 15) is 9.18 Å². The van der Waals surface area contributed by atoms with Crippen LogP contribution in [0.25, 0.3) is 0 Å². The third-order valence-electron chi connectivity index (χ3n) is 2.98. The first kappa shape index (κ1) is 18.7. The van der Waals surface area contributed by atoms with E-state index in [-0.39, 0.29) is 5.69 Å². The minimum Gasteiger partial charge on any atom is -0.444 e. The fourth-order valence-corrected chi connectivity index (χ4v) is 3.48. The number of nitrogens with one attached hydrogen (secondary N) is 2. The highest BCUT2D eigenvalue weighted by Gasteiger charge is 2.17. The number of ether oxygens (including phenoxy) is 1. The van der Waals surface area contributed by atoms with Gasteiger partial charge in [0.15, 0.2) is 0 Å². The van der Waals surface area contributed by atoms with Crippen molar-refractivity contribution in [3.8, 4) is 0 Å². The number of carbonyl (C=O) groups is 1. The Morgan fingerprint density at radius 2 is 2.04 bits per heavy atom. The Kier molecular flexibility index (Phi) is 5.87. The van der Waals surface area contributed by atoms with Crippen LogP contribution < -0.4 is 10.6 Å². The van der Waals surface area contributed by atoms with Gasteiger partial charge in [-0.3, -0.25) is 5.32 Å². The maximum Gasteiger partial charge on any atom is 0.412 e. The van der Waals surface area contributed by atoms with E-state index in [1.165, 1.54) is 10.9 Å². The average Bonchev–Trinajstić information content (AvgIpc) is 2.76. The number of thiophene rings is 1. The zero-order valence-corrected chi connectivity index (χ0v) is 16.4. The summed E-state index contributed by atoms with van der Waals surface area (Å²) in [7, 11) is 0. The summed E-state index contributed by atoms with van der Waals surface area (Å²) in [6.07, 6.45) is -0.684. The van der Waals surface area contributed by atoms with Crippen molar-refractivity contribution in [1.29, 1.82) is 0 Å². The Hall–Kier alpha value is -1.60. The molecule has 0 aliphatic carbocycles. The normalized spacial score (nSPS) is 11.2. The van der Waals surface area contributed by atoms with Crippen molar-refractivity contribution in [2.75, 3.05) is 10.6 Å². The van der Waals surface area contributed by atoms with Gasteiger partial charge in [0.1, 0.15) is 11.4 Å². The Bertz CT molecular complexity index is 721. The van der Waals surface area contributed by atoms with Gasteiger partial charge in [-0.1, -0.05) is 0 Å². The SMILES string of the molecule is Cc1sc(CNc2ccc(F)c(NC(=O)OC(C)(C)C)c2)cc1Br. The molecular formula is C17H20BrFN2O2S. The maximum absolute atomic E-state index is 13.9. The predicted molar refractivity (Wildman–Crippen MR) is 100 cm³/mol. The summed E-state index contributed by atoms with van der Waals surface area (Å²) in [5, 5.41) is 5.66. The van der Waals surface area contributed by atoms with Crippen molar-refractivity contribution in [1.82, 2.24) is 0 Å². The van der Waals surface area contributed by atoms with Gasteiger partial charge < -0.3 is 10.1 Å². The minimum absolute atomic E-state index is 0.0813. The molecule has 1 aromatic carbocycles. The van der Waals surface area contributed by atoms with Crippen molar-refractivity contribution in [2.24, 2.45) is 0 Å². The van der Waals surface area contributed by atoms with Gasteiger partial charge >= 0.3 is 6.09 Å². The molecule has 0 bridgehead atoms. The molecule has 0 aliphatic heterocycles. The summed E-state index contributed by atoms with van der Waals surface area (Å²) >= 11 is 5.17. The van der Waals surface area contributed by atoms with Crippen LogP contribution in [0.5, 0.6) is 0 Å². The molecule has 1 aromatic heterocycles. The predicted octanol–water partition coefficient (Wildman–Crippen LogP) is 5.92. The molecule has 1 amide bonds. The lowest BCUT2D eigenvalue weighted by molar-refractivity contribution is 0.0635. The fourth-order valence-electron chi connectivity index (χ4n) is 1.94. The first-order valence-electron chi connectivity index (χ1n) is 7.42. The number of hydrogen-bond donors (Lipinski definition) is 2. The first-order valence-corrected chi connectivity index (χ1v) is 9.03. The molecule has 0 saturated heterocycles. The highest BCUT2D eigenvalue weighted by Crippen LogP contribution is 2.27. The van der Waals surface area contributed by atoms with E-state index in [0.29, 0.717) is 12.2 Å². The van der Waals surface area contributed by atoms with Gasteiger partial charge in [-0.05, 0) is 67.9 Å². The van der Waals surface area contributed by atoms with E-state index >= 15 is 0 Å². The van der Waals surface area contributed by atoms with Crippen molar-refractivity contribution in [3.63, 3.8) is 0 Å². The van der Waals surface area contributed by atoms with Crippen LogP contribution in [0, 0.1) is 12.7 Å². The molecule has 2 rings (SSSR count). The maximum atomic E-state index is 13.9.